The first-order chi connectivity index (χ1) is 9.13. The molecule has 0 saturated carbocycles. The monoisotopic (exact) mass is 258 g/mol. The zero-order valence-electron chi connectivity index (χ0n) is 10.2. The lowest BCUT2D eigenvalue weighted by atomic mass is 10.0. The summed E-state index contributed by atoms with van der Waals surface area (Å²) in [5.41, 5.74) is 0.288. The van der Waals surface area contributed by atoms with Crippen LogP contribution in [0, 0.1) is 5.82 Å². The molecule has 0 radical (unpaired) electrons. The Hall–Kier alpha value is -2.49. The van der Waals surface area contributed by atoms with Crippen LogP contribution in [0.25, 0.3) is 0 Å². The summed E-state index contributed by atoms with van der Waals surface area (Å²) in [6, 6.07) is 11.8. The van der Waals surface area contributed by atoms with Crippen molar-refractivity contribution >= 4 is 11.6 Å². The van der Waals surface area contributed by atoms with Gasteiger partial charge in [-0.1, -0.05) is 30.3 Å². The number of ketones is 2. The largest absolute Gasteiger partial charge is 0.494 e. The van der Waals surface area contributed by atoms with Gasteiger partial charge in [0.15, 0.2) is 11.6 Å². The van der Waals surface area contributed by atoms with E-state index in [1.807, 2.05) is 0 Å². The van der Waals surface area contributed by atoms with Crippen LogP contribution in [0.3, 0.4) is 0 Å². The van der Waals surface area contributed by atoms with E-state index in [1.54, 1.807) is 30.3 Å². The summed E-state index contributed by atoms with van der Waals surface area (Å²) < 4.78 is 18.2. The topological polar surface area (TPSA) is 43.4 Å². The second-order valence-corrected chi connectivity index (χ2v) is 3.87. The lowest BCUT2D eigenvalue weighted by molar-refractivity contribution is 0.0816. The molecule has 0 unspecified atom stereocenters. The zero-order valence-corrected chi connectivity index (χ0v) is 10.2. The molecular formula is C15H11FO3. The van der Waals surface area contributed by atoms with Crippen LogP contribution in [-0.4, -0.2) is 18.7 Å². The Morgan fingerprint density at radius 2 is 1.58 bits per heavy atom. The molecule has 4 heteroatoms. The van der Waals surface area contributed by atoms with Crippen LogP contribution in [0.15, 0.2) is 48.5 Å². The second kappa shape index (κ2) is 5.44. The zero-order chi connectivity index (χ0) is 13.8. The normalized spacial score (nSPS) is 10.0. The summed E-state index contributed by atoms with van der Waals surface area (Å²) in [5, 5.41) is 0. The molecule has 0 bridgehead atoms. The third kappa shape index (κ3) is 2.68. The van der Waals surface area contributed by atoms with Gasteiger partial charge in [-0.05, 0) is 18.2 Å². The molecule has 3 nitrogen and oxygen atoms in total. The van der Waals surface area contributed by atoms with E-state index in [4.69, 9.17) is 4.74 Å². The average Bonchev–Trinajstić information content (AvgIpc) is 2.46. The summed E-state index contributed by atoms with van der Waals surface area (Å²) in [4.78, 5) is 23.8. The van der Waals surface area contributed by atoms with Gasteiger partial charge in [0, 0.05) is 11.1 Å². The van der Waals surface area contributed by atoms with Crippen molar-refractivity contribution in [1.82, 2.24) is 0 Å². The molecule has 19 heavy (non-hydrogen) atoms. The first-order valence-corrected chi connectivity index (χ1v) is 5.61. The molecule has 0 heterocycles. The lowest BCUT2D eigenvalue weighted by Gasteiger charge is -2.04. The summed E-state index contributed by atoms with van der Waals surface area (Å²) in [7, 11) is 1.33. The highest BCUT2D eigenvalue weighted by Crippen LogP contribution is 2.18. The minimum atomic E-state index is -0.743. The molecule has 0 aliphatic carbocycles. The van der Waals surface area contributed by atoms with Gasteiger partial charge < -0.3 is 4.74 Å². The molecule has 0 aliphatic heterocycles. The SMILES string of the molecule is COc1ccc(C(=O)C(=O)c2ccccc2)cc1F. The van der Waals surface area contributed by atoms with Crippen LogP contribution in [0.1, 0.15) is 20.7 Å². The smallest absolute Gasteiger partial charge is 0.233 e. The molecule has 0 spiro atoms. The molecule has 2 aromatic carbocycles. The van der Waals surface area contributed by atoms with Crippen LogP contribution in [0.5, 0.6) is 5.75 Å². The molecule has 0 aliphatic rings. The van der Waals surface area contributed by atoms with Crippen molar-refractivity contribution in [3.8, 4) is 5.75 Å². The number of hydrogen-bond donors (Lipinski definition) is 0. The van der Waals surface area contributed by atoms with Gasteiger partial charge in [-0.15, -0.1) is 0 Å². The predicted molar refractivity (Wildman–Crippen MR) is 68.1 cm³/mol. The number of rotatable bonds is 4. The van der Waals surface area contributed by atoms with Gasteiger partial charge >= 0.3 is 0 Å². The molecule has 0 atom stereocenters. The van der Waals surface area contributed by atoms with Gasteiger partial charge in [0.1, 0.15) is 0 Å². The molecule has 0 fully saturated rings. The van der Waals surface area contributed by atoms with Crippen molar-refractivity contribution in [2.45, 2.75) is 0 Å². The molecule has 0 N–H and O–H groups in total. The molecule has 96 valence electrons. The van der Waals surface area contributed by atoms with E-state index in [2.05, 4.69) is 0 Å². The Balaban J connectivity index is 2.30. The second-order valence-electron chi connectivity index (χ2n) is 3.87. The van der Waals surface area contributed by atoms with E-state index in [-0.39, 0.29) is 16.9 Å². The Morgan fingerprint density at radius 1 is 0.947 bits per heavy atom. The standard InChI is InChI=1S/C15H11FO3/c1-19-13-8-7-11(9-12(13)16)15(18)14(17)10-5-3-2-4-6-10/h2-9H,1H3. The van der Waals surface area contributed by atoms with Crippen molar-refractivity contribution in [1.29, 1.82) is 0 Å². The molecule has 0 amide bonds. The summed E-state index contributed by atoms with van der Waals surface area (Å²) in [6.07, 6.45) is 0. The minimum absolute atomic E-state index is 0.00662. The maximum Gasteiger partial charge on any atom is 0.233 e. The Kier molecular flexibility index (Phi) is 3.71. The van der Waals surface area contributed by atoms with Crippen LogP contribution in [0.4, 0.5) is 4.39 Å². The molecule has 0 saturated heterocycles. The van der Waals surface area contributed by atoms with Crippen molar-refractivity contribution in [3.63, 3.8) is 0 Å². The summed E-state index contributed by atoms with van der Waals surface area (Å²) in [6.45, 7) is 0. The van der Waals surface area contributed by atoms with Crippen LogP contribution < -0.4 is 4.74 Å². The maximum absolute atomic E-state index is 13.5. The van der Waals surface area contributed by atoms with Gasteiger partial charge in [-0.25, -0.2) is 4.39 Å². The number of carbonyl (C=O) groups excluding carboxylic acids is 2. The fourth-order valence-electron chi connectivity index (χ4n) is 1.66. The minimum Gasteiger partial charge on any atom is -0.494 e. The fraction of sp³-hybridized carbons (Fsp3) is 0.0667. The van der Waals surface area contributed by atoms with Gasteiger partial charge in [-0.2, -0.15) is 0 Å². The quantitative estimate of drug-likeness (QED) is 0.625. The van der Waals surface area contributed by atoms with Crippen LogP contribution >= 0.6 is 0 Å². The Morgan fingerprint density at radius 3 is 2.16 bits per heavy atom. The van der Waals surface area contributed by atoms with E-state index >= 15 is 0 Å². The van der Waals surface area contributed by atoms with Gasteiger partial charge in [0.2, 0.25) is 11.6 Å². The maximum atomic E-state index is 13.5. The molecule has 2 rings (SSSR count). The van der Waals surface area contributed by atoms with Gasteiger partial charge in [0.05, 0.1) is 7.11 Å². The molecule has 2 aromatic rings. The van der Waals surface area contributed by atoms with E-state index in [0.29, 0.717) is 0 Å². The predicted octanol–water partition coefficient (Wildman–Crippen LogP) is 2.90. The van der Waals surface area contributed by atoms with Crippen molar-refractivity contribution in [3.05, 3.63) is 65.5 Å². The lowest BCUT2D eigenvalue weighted by Crippen LogP contribution is -2.14. The van der Waals surface area contributed by atoms with E-state index in [9.17, 15) is 14.0 Å². The van der Waals surface area contributed by atoms with E-state index in [0.717, 1.165) is 6.07 Å². The number of ether oxygens (including phenoxy) is 1. The summed E-state index contributed by atoms with van der Waals surface area (Å²) in [5.74, 6) is -2.05. The Bertz CT molecular complexity index is 621. The van der Waals surface area contributed by atoms with Crippen LogP contribution in [-0.2, 0) is 0 Å². The van der Waals surface area contributed by atoms with E-state index in [1.165, 1.54) is 19.2 Å². The highest BCUT2D eigenvalue weighted by molar-refractivity contribution is 6.49. The van der Waals surface area contributed by atoms with Crippen molar-refractivity contribution < 1.29 is 18.7 Å². The van der Waals surface area contributed by atoms with Gasteiger partial charge in [-0.3, -0.25) is 9.59 Å². The summed E-state index contributed by atoms with van der Waals surface area (Å²) >= 11 is 0. The number of benzene rings is 2. The van der Waals surface area contributed by atoms with Crippen molar-refractivity contribution in [2.75, 3.05) is 7.11 Å². The van der Waals surface area contributed by atoms with E-state index < -0.39 is 17.4 Å². The van der Waals surface area contributed by atoms with Crippen LogP contribution in [0.2, 0.25) is 0 Å². The van der Waals surface area contributed by atoms with Gasteiger partial charge in [0.25, 0.3) is 0 Å². The average molecular weight is 258 g/mol. The molecular weight excluding hydrogens is 247 g/mol. The number of hydrogen-bond acceptors (Lipinski definition) is 3. The third-order valence-corrected chi connectivity index (χ3v) is 2.66. The highest BCUT2D eigenvalue weighted by Gasteiger charge is 2.19. The third-order valence-electron chi connectivity index (χ3n) is 2.66. The Labute approximate surface area is 109 Å². The molecule has 0 aromatic heterocycles. The number of Topliss-reactive ketones (excluding diaryl/α,β-unsaturated/α-hetero) is 2. The number of halogens is 1. The first kappa shape index (κ1) is 13.0. The highest BCUT2D eigenvalue weighted by atomic mass is 19.1. The van der Waals surface area contributed by atoms with Crippen molar-refractivity contribution in [2.24, 2.45) is 0 Å². The first-order valence-electron chi connectivity index (χ1n) is 5.61. The number of methoxy groups -OCH3 is 1. The fourth-order valence-corrected chi connectivity index (χ4v) is 1.66. The number of carbonyl (C=O) groups is 2.